The maximum Gasteiger partial charge on any atom is 2.00 e. The van der Waals surface area contributed by atoms with E-state index in [1.165, 1.54) is 17.3 Å². The molecule has 2 aromatic heterocycles. The van der Waals surface area contributed by atoms with Gasteiger partial charge in [0.1, 0.15) is 24.0 Å². The Bertz CT molecular complexity index is 667. The summed E-state index contributed by atoms with van der Waals surface area (Å²) in [7, 11) is 0. The van der Waals surface area contributed by atoms with Crippen LogP contribution in [-0.4, -0.2) is 25.5 Å². The van der Waals surface area contributed by atoms with Crippen LogP contribution in [0.15, 0.2) is 43.1 Å². The molecule has 0 unspecified atom stereocenters. The van der Waals surface area contributed by atoms with Crippen molar-refractivity contribution in [3.05, 3.63) is 113 Å². The minimum absolute atomic E-state index is 0. The zero-order chi connectivity index (χ0) is 17.3. The summed E-state index contributed by atoms with van der Waals surface area (Å²) in [6.45, 7) is 0. The fraction of sp³-hybridized carbons (Fsp3) is 0. The number of aromatic nitrogens is 4. The minimum atomic E-state index is -0.197. The molecule has 0 N–H and O–H groups in total. The number of carbonyl (C=O) groups excluding carboxylic acids is 1. The van der Waals surface area contributed by atoms with Gasteiger partial charge >= 0.3 is 17.1 Å². The summed E-state index contributed by atoms with van der Waals surface area (Å²) < 4.78 is 1.45. The molecule has 0 spiro atoms. The summed E-state index contributed by atoms with van der Waals surface area (Å²) >= 11 is 0. The molecule has 10 radical (unpaired) electrons. The van der Waals surface area contributed by atoms with Crippen LogP contribution in [0, 0.1) is 63.7 Å². The van der Waals surface area contributed by atoms with E-state index in [0.717, 1.165) is 5.92 Å². The predicted molar refractivity (Wildman–Crippen MR) is 94.8 cm³/mol. The second kappa shape index (κ2) is 11.0. The van der Waals surface area contributed by atoms with E-state index < -0.39 is 0 Å². The maximum absolute atomic E-state index is 12.6. The van der Waals surface area contributed by atoms with E-state index in [1.54, 1.807) is 30.5 Å². The van der Waals surface area contributed by atoms with Gasteiger partial charge in [-0.05, 0) is 76.0 Å². The van der Waals surface area contributed by atoms with Crippen LogP contribution in [0.25, 0.3) is 5.70 Å². The van der Waals surface area contributed by atoms with Gasteiger partial charge in [0.2, 0.25) is 5.78 Å². The van der Waals surface area contributed by atoms with Crippen LogP contribution in [-0.2, 0) is 17.1 Å². The number of hydrogen-bond acceptors (Lipinski definition) is 4. The molecule has 6 heteroatoms. The third kappa shape index (κ3) is 5.89. The first-order valence-corrected chi connectivity index (χ1v) is 7.75. The van der Waals surface area contributed by atoms with Crippen LogP contribution in [0.1, 0.15) is 10.5 Å². The van der Waals surface area contributed by atoms with Crippen LogP contribution in [0.5, 0.6) is 0 Å². The first-order valence-electron chi connectivity index (χ1n) is 7.75. The van der Waals surface area contributed by atoms with Crippen molar-refractivity contribution in [1.82, 2.24) is 19.7 Å². The molecule has 2 aromatic rings. The van der Waals surface area contributed by atoms with Crippen molar-refractivity contribution in [3.8, 4) is 0 Å². The van der Waals surface area contributed by atoms with Crippen molar-refractivity contribution in [2.24, 2.45) is 0 Å². The molecule has 2 fully saturated rings. The van der Waals surface area contributed by atoms with Crippen LogP contribution < -0.4 is 0 Å². The number of nitrogens with zero attached hydrogens (tertiary/aromatic N) is 4. The average Bonchev–Trinajstić information content (AvgIpc) is 3.45. The molecule has 0 aromatic carbocycles. The average molecular weight is 384 g/mol. The van der Waals surface area contributed by atoms with Gasteiger partial charge in [-0.2, -0.15) is 5.10 Å². The van der Waals surface area contributed by atoms with E-state index >= 15 is 0 Å². The van der Waals surface area contributed by atoms with Crippen LogP contribution >= 0.6 is 0 Å². The van der Waals surface area contributed by atoms with Crippen molar-refractivity contribution in [2.75, 3.05) is 0 Å². The van der Waals surface area contributed by atoms with Crippen molar-refractivity contribution < 1.29 is 21.9 Å². The zero-order valence-corrected chi connectivity index (χ0v) is 14.9. The van der Waals surface area contributed by atoms with Crippen molar-refractivity contribution in [2.45, 2.75) is 0 Å². The molecule has 0 amide bonds. The van der Waals surface area contributed by atoms with E-state index in [1.807, 2.05) is 57.8 Å². The van der Waals surface area contributed by atoms with Gasteiger partial charge in [0.15, 0.2) is 0 Å². The van der Waals surface area contributed by atoms with E-state index in [2.05, 4.69) is 15.1 Å². The van der Waals surface area contributed by atoms with E-state index in [4.69, 9.17) is 0 Å². The summed E-state index contributed by atoms with van der Waals surface area (Å²) in [5, 5.41) is 4.03. The summed E-state index contributed by atoms with van der Waals surface area (Å²) in [6, 6.07) is 5.23. The van der Waals surface area contributed by atoms with Gasteiger partial charge in [0, 0.05) is 12.1 Å². The number of hydrogen-bond donors (Lipinski definition) is 0. The van der Waals surface area contributed by atoms with Gasteiger partial charge in [-0.15, -0.1) is 0 Å². The number of ketones is 1. The fourth-order valence-electron chi connectivity index (χ4n) is 2.16. The Morgan fingerprint density at radius 1 is 0.962 bits per heavy atom. The van der Waals surface area contributed by atoms with Crippen molar-refractivity contribution in [1.29, 1.82) is 0 Å². The molecule has 0 atom stereocenters. The number of carbonyl (C=O) groups is 1. The van der Waals surface area contributed by atoms with Gasteiger partial charge in [-0.25, -0.2) is 9.67 Å². The molecule has 128 valence electrons. The smallest absolute Gasteiger partial charge is 0.285 e. The second-order valence-corrected chi connectivity index (χ2v) is 5.09. The topological polar surface area (TPSA) is 60.7 Å². The summed E-state index contributed by atoms with van der Waals surface area (Å²) in [5.74, 6) is 0.733. The molecule has 0 bridgehead atoms. The number of pyridine rings is 1. The largest absolute Gasteiger partial charge is 2.00 e. The number of rotatable bonds is 4. The Morgan fingerprint density at radius 2 is 1.65 bits per heavy atom. The molecule has 2 aliphatic carbocycles. The van der Waals surface area contributed by atoms with E-state index in [9.17, 15) is 4.79 Å². The first-order chi connectivity index (χ1) is 12.3. The Morgan fingerprint density at radius 3 is 2.19 bits per heavy atom. The van der Waals surface area contributed by atoms with Gasteiger partial charge in [-0.3, -0.25) is 9.78 Å². The monoisotopic (exact) mass is 384 g/mol. The normalized spacial score (nSPS) is 17.3. The van der Waals surface area contributed by atoms with Crippen LogP contribution in [0.4, 0.5) is 0 Å². The van der Waals surface area contributed by atoms with Gasteiger partial charge < -0.3 is 0 Å². The Kier molecular flexibility index (Phi) is 8.72. The molecule has 26 heavy (non-hydrogen) atoms. The van der Waals surface area contributed by atoms with E-state index in [0.29, 0.717) is 11.4 Å². The van der Waals surface area contributed by atoms with Gasteiger partial charge in [0.25, 0.3) is 0 Å². The standard InChI is InChI=1S/C15H11N4O.C5H5.Fe/c20-15(13-7-3-4-8-17-13)14(19-11-16-10-18-19)9-12-5-1-2-6-12;1-2-4-5-3-1;/h1-11H;1-5H;/q;;+2/b14-9-;;. The Hall–Kier alpha value is -1.78. The molecule has 4 rings (SSSR count). The SMILES string of the molecule is O=C(/C(=C/[C]1[CH][CH][CH][CH]1)n1cncn1)c1ccccn1.[CH]1[CH][CH][CH][CH]1.[Fe+2]. The van der Waals surface area contributed by atoms with Crippen molar-refractivity contribution >= 4 is 11.5 Å². The van der Waals surface area contributed by atoms with Crippen LogP contribution in [0.3, 0.4) is 0 Å². The quantitative estimate of drug-likeness (QED) is 0.462. The molecule has 2 heterocycles. The van der Waals surface area contributed by atoms with Crippen molar-refractivity contribution in [3.63, 3.8) is 0 Å². The minimum Gasteiger partial charge on any atom is -0.285 e. The third-order valence-electron chi connectivity index (χ3n) is 3.34. The molecule has 0 aliphatic heterocycles. The zero-order valence-electron chi connectivity index (χ0n) is 13.8. The number of Topliss-reactive ketones (excluding diaryl/α,β-unsaturated/α-hetero) is 1. The molecular formula is C20H16FeN4O+2. The molecular weight excluding hydrogens is 368 g/mol. The molecule has 0 saturated heterocycles. The van der Waals surface area contributed by atoms with Crippen LogP contribution in [0.2, 0.25) is 0 Å². The first kappa shape index (κ1) is 20.5. The summed E-state index contributed by atoms with van der Waals surface area (Å²) in [5.41, 5.74) is 0.785. The fourth-order valence-corrected chi connectivity index (χ4v) is 2.16. The Labute approximate surface area is 165 Å². The van der Waals surface area contributed by atoms with Gasteiger partial charge in [0.05, 0.1) is 0 Å². The number of allylic oxidation sites excluding steroid dienone is 2. The summed E-state index contributed by atoms with van der Waals surface area (Å²) in [4.78, 5) is 20.5. The van der Waals surface area contributed by atoms with E-state index in [-0.39, 0.29) is 22.9 Å². The Balaban J connectivity index is 0.000000351. The second-order valence-electron chi connectivity index (χ2n) is 5.09. The molecule has 2 aliphatic rings. The summed E-state index contributed by atoms with van der Waals surface area (Å²) in [6.07, 6.45) is 23.9. The predicted octanol–water partition coefficient (Wildman–Crippen LogP) is 2.82. The van der Waals surface area contributed by atoms with Gasteiger partial charge in [-0.1, -0.05) is 6.07 Å². The molecule has 2 saturated carbocycles. The third-order valence-corrected chi connectivity index (χ3v) is 3.34. The molecule has 5 nitrogen and oxygen atoms in total. The maximum atomic E-state index is 12.6.